The Balaban J connectivity index is 1.93. The third kappa shape index (κ3) is 2.70. The Morgan fingerprint density at radius 1 is 1.44 bits per heavy atom. The van der Waals surface area contributed by atoms with E-state index in [1.807, 2.05) is 6.08 Å². The van der Waals surface area contributed by atoms with Crippen molar-refractivity contribution in [3.63, 3.8) is 0 Å². The Morgan fingerprint density at radius 3 is 2.88 bits per heavy atom. The summed E-state index contributed by atoms with van der Waals surface area (Å²) >= 11 is 0. The van der Waals surface area contributed by atoms with Crippen molar-refractivity contribution in [3.8, 4) is 0 Å². The molecule has 1 fully saturated rings. The van der Waals surface area contributed by atoms with Crippen molar-refractivity contribution < 1.29 is 0 Å². The smallest absolute Gasteiger partial charge is 0.133 e. The maximum atomic E-state index is 5.90. The molecule has 1 aliphatic rings. The average Bonchev–Trinajstić information content (AvgIpc) is 2.70. The minimum atomic E-state index is 0.419. The standard InChI is InChI=1S/C12H20N4/c1-2-7-16-9-14-15-12(16)8-10-3-5-11(13)6-4-10/h2,9-11H,1,3-8,13H2. The van der Waals surface area contributed by atoms with Crippen molar-refractivity contribution in [1.82, 2.24) is 14.8 Å². The van der Waals surface area contributed by atoms with Crippen LogP contribution in [0.3, 0.4) is 0 Å². The number of aromatic nitrogens is 3. The van der Waals surface area contributed by atoms with Crippen LogP contribution in [0.4, 0.5) is 0 Å². The number of rotatable bonds is 4. The molecule has 0 radical (unpaired) electrons. The zero-order valence-corrected chi connectivity index (χ0v) is 9.68. The van der Waals surface area contributed by atoms with Gasteiger partial charge in [0.1, 0.15) is 12.2 Å². The molecule has 0 atom stereocenters. The number of nitrogens with zero attached hydrogens (tertiary/aromatic N) is 3. The summed E-state index contributed by atoms with van der Waals surface area (Å²) in [6.07, 6.45) is 9.44. The highest BCUT2D eigenvalue weighted by Crippen LogP contribution is 2.25. The molecule has 4 heteroatoms. The van der Waals surface area contributed by atoms with Crippen molar-refractivity contribution in [3.05, 3.63) is 24.8 Å². The maximum Gasteiger partial charge on any atom is 0.133 e. The number of nitrogens with two attached hydrogens (primary N) is 1. The number of allylic oxidation sites excluding steroid dienone is 1. The van der Waals surface area contributed by atoms with Crippen LogP contribution in [0.1, 0.15) is 31.5 Å². The maximum absolute atomic E-state index is 5.90. The van der Waals surface area contributed by atoms with Crippen molar-refractivity contribution in [2.75, 3.05) is 0 Å². The Morgan fingerprint density at radius 2 is 2.19 bits per heavy atom. The predicted molar refractivity (Wildman–Crippen MR) is 63.9 cm³/mol. The molecule has 0 unspecified atom stereocenters. The fourth-order valence-corrected chi connectivity index (χ4v) is 2.38. The van der Waals surface area contributed by atoms with Gasteiger partial charge in [-0.05, 0) is 31.6 Å². The highest BCUT2D eigenvalue weighted by Gasteiger charge is 2.20. The van der Waals surface area contributed by atoms with Crippen LogP contribution in [0.5, 0.6) is 0 Å². The lowest BCUT2D eigenvalue weighted by Gasteiger charge is -2.25. The molecule has 4 nitrogen and oxygen atoms in total. The van der Waals surface area contributed by atoms with Gasteiger partial charge in [-0.3, -0.25) is 0 Å². The molecule has 2 rings (SSSR count). The molecule has 1 aromatic heterocycles. The fourth-order valence-electron chi connectivity index (χ4n) is 2.38. The van der Waals surface area contributed by atoms with Crippen molar-refractivity contribution in [1.29, 1.82) is 0 Å². The van der Waals surface area contributed by atoms with Gasteiger partial charge in [-0.25, -0.2) is 0 Å². The van der Waals surface area contributed by atoms with E-state index in [4.69, 9.17) is 5.73 Å². The van der Waals surface area contributed by atoms with E-state index in [0.29, 0.717) is 6.04 Å². The van der Waals surface area contributed by atoms with Crippen molar-refractivity contribution in [2.24, 2.45) is 11.7 Å². The largest absolute Gasteiger partial charge is 0.328 e. The average molecular weight is 220 g/mol. The van der Waals surface area contributed by atoms with Gasteiger partial charge in [-0.2, -0.15) is 0 Å². The van der Waals surface area contributed by atoms with E-state index in [2.05, 4.69) is 21.3 Å². The lowest BCUT2D eigenvalue weighted by atomic mass is 9.84. The lowest BCUT2D eigenvalue weighted by molar-refractivity contribution is 0.318. The molecule has 0 aromatic carbocycles. The monoisotopic (exact) mass is 220 g/mol. The van der Waals surface area contributed by atoms with Gasteiger partial charge in [-0.15, -0.1) is 16.8 Å². The van der Waals surface area contributed by atoms with Crippen LogP contribution in [-0.4, -0.2) is 20.8 Å². The SMILES string of the molecule is C=CCn1cnnc1CC1CCC(N)CC1. The van der Waals surface area contributed by atoms with Gasteiger partial charge in [0.15, 0.2) is 0 Å². The second kappa shape index (κ2) is 5.25. The van der Waals surface area contributed by atoms with Crippen LogP contribution in [-0.2, 0) is 13.0 Å². The summed E-state index contributed by atoms with van der Waals surface area (Å²) in [4.78, 5) is 0. The van der Waals surface area contributed by atoms with Crippen LogP contribution < -0.4 is 5.73 Å². The Bertz CT molecular complexity index is 337. The van der Waals surface area contributed by atoms with E-state index in [9.17, 15) is 0 Å². The predicted octanol–water partition coefficient (Wildman–Crippen LogP) is 1.52. The van der Waals surface area contributed by atoms with E-state index >= 15 is 0 Å². The third-order valence-corrected chi connectivity index (χ3v) is 3.38. The Hall–Kier alpha value is -1.16. The second-order valence-electron chi connectivity index (χ2n) is 4.67. The first kappa shape index (κ1) is 11.3. The Kier molecular flexibility index (Phi) is 3.72. The molecule has 16 heavy (non-hydrogen) atoms. The molecule has 0 amide bonds. The summed E-state index contributed by atoms with van der Waals surface area (Å²) in [5.74, 6) is 1.81. The van der Waals surface area contributed by atoms with Crippen molar-refractivity contribution in [2.45, 2.75) is 44.7 Å². The normalized spacial score (nSPS) is 25.6. The third-order valence-electron chi connectivity index (χ3n) is 3.38. The highest BCUT2D eigenvalue weighted by atomic mass is 15.3. The molecule has 0 spiro atoms. The minimum absolute atomic E-state index is 0.419. The van der Waals surface area contributed by atoms with Gasteiger partial charge >= 0.3 is 0 Å². The molecule has 1 aromatic rings. The van der Waals surface area contributed by atoms with Gasteiger partial charge in [0.25, 0.3) is 0 Å². The molecular formula is C12H20N4. The lowest BCUT2D eigenvalue weighted by Crippen LogP contribution is -2.27. The van der Waals surface area contributed by atoms with Crippen LogP contribution in [0.2, 0.25) is 0 Å². The molecule has 0 bridgehead atoms. The van der Waals surface area contributed by atoms with Crippen molar-refractivity contribution >= 4 is 0 Å². The zero-order valence-electron chi connectivity index (χ0n) is 9.68. The van der Waals surface area contributed by atoms with Crippen LogP contribution in [0.25, 0.3) is 0 Å². The van der Waals surface area contributed by atoms with E-state index in [1.54, 1.807) is 6.33 Å². The van der Waals surface area contributed by atoms with Gasteiger partial charge in [0.05, 0.1) is 0 Å². The molecule has 1 aliphatic carbocycles. The molecule has 1 heterocycles. The van der Waals surface area contributed by atoms with Gasteiger partial charge in [0, 0.05) is 19.0 Å². The first-order chi connectivity index (χ1) is 7.79. The van der Waals surface area contributed by atoms with E-state index in [-0.39, 0.29) is 0 Å². The van der Waals surface area contributed by atoms with E-state index in [1.165, 1.54) is 12.8 Å². The highest BCUT2D eigenvalue weighted by molar-refractivity contribution is 4.92. The summed E-state index contributed by atoms with van der Waals surface area (Å²) in [6, 6.07) is 0.419. The number of hydrogen-bond acceptors (Lipinski definition) is 3. The minimum Gasteiger partial charge on any atom is -0.328 e. The quantitative estimate of drug-likeness (QED) is 0.783. The first-order valence-electron chi connectivity index (χ1n) is 6.02. The van der Waals surface area contributed by atoms with Gasteiger partial charge in [-0.1, -0.05) is 6.08 Å². The van der Waals surface area contributed by atoms with Gasteiger partial charge < -0.3 is 10.3 Å². The Labute approximate surface area is 96.6 Å². The van der Waals surface area contributed by atoms with Crippen LogP contribution in [0, 0.1) is 5.92 Å². The van der Waals surface area contributed by atoms with E-state index < -0.39 is 0 Å². The summed E-state index contributed by atoms with van der Waals surface area (Å²) in [7, 11) is 0. The number of hydrogen-bond donors (Lipinski definition) is 1. The zero-order chi connectivity index (χ0) is 11.4. The molecule has 88 valence electrons. The first-order valence-corrected chi connectivity index (χ1v) is 6.02. The van der Waals surface area contributed by atoms with Crippen LogP contribution >= 0.6 is 0 Å². The second-order valence-corrected chi connectivity index (χ2v) is 4.67. The molecule has 2 N–H and O–H groups in total. The summed E-state index contributed by atoms with van der Waals surface area (Å²) in [5, 5.41) is 8.14. The van der Waals surface area contributed by atoms with E-state index in [0.717, 1.165) is 37.5 Å². The summed E-state index contributed by atoms with van der Waals surface area (Å²) < 4.78 is 2.07. The molecule has 0 saturated heterocycles. The molecule has 0 aliphatic heterocycles. The topological polar surface area (TPSA) is 56.7 Å². The summed E-state index contributed by atoms with van der Waals surface area (Å²) in [5.41, 5.74) is 5.90. The van der Waals surface area contributed by atoms with Crippen LogP contribution in [0.15, 0.2) is 19.0 Å². The molecular weight excluding hydrogens is 200 g/mol. The summed E-state index contributed by atoms with van der Waals surface area (Å²) in [6.45, 7) is 4.54. The molecule has 1 saturated carbocycles. The van der Waals surface area contributed by atoms with Gasteiger partial charge in [0.2, 0.25) is 0 Å². The fraction of sp³-hybridized carbons (Fsp3) is 0.667.